The summed E-state index contributed by atoms with van der Waals surface area (Å²) in [7, 11) is 4.05. The predicted molar refractivity (Wildman–Crippen MR) is 97.2 cm³/mol. The van der Waals surface area contributed by atoms with E-state index in [1.54, 1.807) is 7.11 Å². The van der Waals surface area contributed by atoms with E-state index in [0.29, 0.717) is 5.92 Å². The maximum absolute atomic E-state index is 5.56. The van der Waals surface area contributed by atoms with Crippen LogP contribution in [0, 0.1) is 0 Å². The number of nitrogens with zero attached hydrogens (tertiary/aromatic N) is 1. The smallest absolute Gasteiger partial charge is 0.122 e. The maximum atomic E-state index is 5.56. The van der Waals surface area contributed by atoms with Gasteiger partial charge in [0, 0.05) is 13.1 Å². The number of fused-ring (bicyclic) bond motifs is 1. The second kappa shape index (κ2) is 7.83. The summed E-state index contributed by atoms with van der Waals surface area (Å²) in [6.45, 7) is 2.29. The third-order valence-corrected chi connectivity index (χ3v) is 5.19. The summed E-state index contributed by atoms with van der Waals surface area (Å²) in [5, 5.41) is 0. The molecule has 0 heterocycles. The molecule has 2 aliphatic carbocycles. The zero-order chi connectivity index (χ0) is 16.1. The van der Waals surface area contributed by atoms with Crippen molar-refractivity contribution in [2.45, 2.75) is 44.4 Å². The fourth-order valence-electron chi connectivity index (χ4n) is 3.93. The van der Waals surface area contributed by atoms with E-state index in [-0.39, 0.29) is 0 Å². The molecule has 2 aliphatic rings. The zero-order valence-electron chi connectivity index (χ0n) is 14.6. The first-order valence-corrected chi connectivity index (χ1v) is 8.98. The first-order valence-electron chi connectivity index (χ1n) is 8.98. The Bertz CT molecular complexity index is 588. The summed E-state index contributed by atoms with van der Waals surface area (Å²) in [5.74, 6) is 1.72. The van der Waals surface area contributed by atoms with Gasteiger partial charge in [-0.2, -0.15) is 0 Å². The van der Waals surface area contributed by atoms with Gasteiger partial charge in [-0.15, -0.1) is 0 Å². The second-order valence-corrected chi connectivity index (χ2v) is 6.89. The zero-order valence-corrected chi connectivity index (χ0v) is 14.6. The van der Waals surface area contributed by atoms with Crippen LogP contribution in [0.25, 0.3) is 0 Å². The van der Waals surface area contributed by atoms with Crippen LogP contribution in [0.4, 0.5) is 0 Å². The molecule has 1 aromatic carbocycles. The van der Waals surface area contributed by atoms with Gasteiger partial charge in [0.25, 0.3) is 0 Å². The van der Waals surface area contributed by atoms with Crippen LogP contribution in [-0.4, -0.2) is 32.1 Å². The Hall–Kier alpha value is -1.54. The quantitative estimate of drug-likeness (QED) is 0.754. The van der Waals surface area contributed by atoms with Gasteiger partial charge in [-0.3, -0.25) is 0 Å². The molecule has 1 aromatic rings. The molecule has 3 rings (SSSR count). The van der Waals surface area contributed by atoms with E-state index in [1.165, 1.54) is 48.8 Å². The van der Waals surface area contributed by atoms with Crippen LogP contribution in [0.3, 0.4) is 0 Å². The van der Waals surface area contributed by atoms with Crippen LogP contribution in [0.5, 0.6) is 5.75 Å². The lowest BCUT2D eigenvalue weighted by molar-refractivity contribution is 0.299. The highest BCUT2D eigenvalue weighted by molar-refractivity contribution is 5.43. The maximum Gasteiger partial charge on any atom is 0.122 e. The van der Waals surface area contributed by atoms with Gasteiger partial charge in [-0.1, -0.05) is 35.9 Å². The molecular formula is C21H29NO. The van der Waals surface area contributed by atoms with Gasteiger partial charge in [0.1, 0.15) is 5.75 Å². The topological polar surface area (TPSA) is 12.5 Å². The summed E-state index contributed by atoms with van der Waals surface area (Å²) in [6, 6.07) is 6.56. The van der Waals surface area contributed by atoms with Crippen molar-refractivity contribution >= 4 is 0 Å². The highest BCUT2D eigenvalue weighted by atomic mass is 16.5. The van der Waals surface area contributed by atoms with Gasteiger partial charge in [0.2, 0.25) is 0 Å². The van der Waals surface area contributed by atoms with Crippen LogP contribution in [0.15, 0.2) is 42.0 Å². The van der Waals surface area contributed by atoms with Crippen molar-refractivity contribution in [2.75, 3.05) is 27.2 Å². The monoisotopic (exact) mass is 311 g/mol. The van der Waals surface area contributed by atoms with Crippen molar-refractivity contribution in [3.05, 3.63) is 53.1 Å². The van der Waals surface area contributed by atoms with Gasteiger partial charge in [-0.25, -0.2) is 0 Å². The van der Waals surface area contributed by atoms with E-state index in [9.17, 15) is 0 Å². The average molecular weight is 311 g/mol. The molecule has 0 saturated carbocycles. The predicted octanol–water partition coefficient (Wildman–Crippen LogP) is 4.71. The van der Waals surface area contributed by atoms with E-state index in [0.717, 1.165) is 25.3 Å². The fourth-order valence-corrected chi connectivity index (χ4v) is 3.93. The molecule has 1 atom stereocenters. The second-order valence-electron chi connectivity index (χ2n) is 6.89. The van der Waals surface area contributed by atoms with Crippen molar-refractivity contribution in [2.24, 2.45) is 0 Å². The third-order valence-electron chi connectivity index (χ3n) is 5.19. The highest BCUT2D eigenvalue weighted by Gasteiger charge is 2.23. The highest BCUT2D eigenvalue weighted by Crippen LogP contribution is 2.36. The minimum absolute atomic E-state index is 0.648. The average Bonchev–Trinajstić information content (AvgIpc) is 2.60. The van der Waals surface area contributed by atoms with E-state index < -0.39 is 0 Å². The van der Waals surface area contributed by atoms with Crippen molar-refractivity contribution in [3.63, 3.8) is 0 Å². The first kappa shape index (κ1) is 16.3. The lowest BCUT2D eigenvalue weighted by Gasteiger charge is -2.30. The molecule has 0 saturated heterocycles. The number of benzene rings is 1. The van der Waals surface area contributed by atoms with Crippen molar-refractivity contribution in [1.29, 1.82) is 0 Å². The summed E-state index contributed by atoms with van der Waals surface area (Å²) >= 11 is 0. The van der Waals surface area contributed by atoms with E-state index >= 15 is 0 Å². The van der Waals surface area contributed by atoms with E-state index in [2.05, 4.69) is 48.4 Å². The summed E-state index contributed by atoms with van der Waals surface area (Å²) in [4.78, 5) is 2.50. The van der Waals surface area contributed by atoms with Crippen LogP contribution < -0.4 is 4.74 Å². The summed E-state index contributed by atoms with van der Waals surface area (Å²) in [5.41, 5.74) is 4.46. The molecule has 2 nitrogen and oxygen atoms in total. The van der Waals surface area contributed by atoms with Crippen LogP contribution >= 0.6 is 0 Å². The van der Waals surface area contributed by atoms with Gasteiger partial charge < -0.3 is 9.64 Å². The van der Waals surface area contributed by atoms with Crippen LogP contribution in [0.2, 0.25) is 0 Å². The minimum atomic E-state index is 0.648. The van der Waals surface area contributed by atoms with Gasteiger partial charge in [-0.05, 0) is 68.7 Å². The lowest BCUT2D eigenvalue weighted by Crippen LogP contribution is -2.28. The molecule has 0 amide bonds. The number of methoxy groups -OCH3 is 1. The molecule has 124 valence electrons. The standard InChI is InChI=1S/C21H29NO/c1-22(15-14-17-8-4-3-5-9-17)16-18-10-6-12-20-19(18)11-7-13-21(20)23-2/h4,7-9,11,13,18H,3,5-6,10,12,14-16H2,1-2H3. The van der Waals surface area contributed by atoms with Crippen molar-refractivity contribution in [3.8, 4) is 5.75 Å². The van der Waals surface area contributed by atoms with Crippen molar-refractivity contribution < 1.29 is 4.74 Å². The molecule has 0 aliphatic heterocycles. The molecule has 1 unspecified atom stereocenters. The number of allylic oxidation sites excluding steroid dienone is 3. The molecule has 0 bridgehead atoms. The Morgan fingerprint density at radius 1 is 1.26 bits per heavy atom. The number of rotatable bonds is 6. The summed E-state index contributed by atoms with van der Waals surface area (Å²) < 4.78 is 5.56. The fraction of sp³-hybridized carbons (Fsp3) is 0.524. The first-order chi connectivity index (χ1) is 11.3. The SMILES string of the molecule is COc1cccc2c1CCCC2CN(C)CCC1=CCCC=C1. The van der Waals surface area contributed by atoms with Crippen LogP contribution in [0.1, 0.15) is 49.1 Å². The van der Waals surface area contributed by atoms with Gasteiger partial charge >= 0.3 is 0 Å². The number of ether oxygens (including phenoxy) is 1. The largest absolute Gasteiger partial charge is 0.496 e. The number of hydrogen-bond acceptors (Lipinski definition) is 2. The normalized spacial score (nSPS) is 20.3. The molecular weight excluding hydrogens is 282 g/mol. The van der Waals surface area contributed by atoms with E-state index in [4.69, 9.17) is 4.74 Å². The van der Waals surface area contributed by atoms with E-state index in [1.807, 2.05) is 0 Å². The molecule has 0 fully saturated rings. The lowest BCUT2D eigenvalue weighted by atomic mass is 9.82. The molecule has 2 heteroatoms. The Labute approximate surface area is 140 Å². The summed E-state index contributed by atoms with van der Waals surface area (Å²) in [6.07, 6.45) is 14.3. The molecule has 0 aromatic heterocycles. The third kappa shape index (κ3) is 4.06. The van der Waals surface area contributed by atoms with Gasteiger partial charge in [0.15, 0.2) is 0 Å². The Morgan fingerprint density at radius 2 is 2.17 bits per heavy atom. The Balaban J connectivity index is 1.60. The molecule has 23 heavy (non-hydrogen) atoms. The van der Waals surface area contributed by atoms with Crippen molar-refractivity contribution in [1.82, 2.24) is 4.90 Å². The molecule has 0 radical (unpaired) electrons. The van der Waals surface area contributed by atoms with Crippen LogP contribution in [-0.2, 0) is 6.42 Å². The molecule has 0 spiro atoms. The Morgan fingerprint density at radius 3 is 2.96 bits per heavy atom. The minimum Gasteiger partial charge on any atom is -0.496 e. The number of likely N-dealkylation sites (N-methyl/N-ethyl adjacent to an activating group) is 1. The number of hydrogen-bond donors (Lipinski definition) is 0. The Kier molecular flexibility index (Phi) is 5.56. The molecule has 0 N–H and O–H groups in total. The van der Waals surface area contributed by atoms with Gasteiger partial charge in [0.05, 0.1) is 7.11 Å².